The minimum Gasteiger partial charge on any atom is -0.356 e. The normalized spacial score (nSPS) is 13.4. The highest BCUT2D eigenvalue weighted by Gasteiger charge is 2.15. The zero-order valence-corrected chi connectivity index (χ0v) is 16.5. The number of aromatic nitrogens is 2. The van der Waals surface area contributed by atoms with E-state index in [0.717, 1.165) is 36.7 Å². The van der Waals surface area contributed by atoms with Gasteiger partial charge in [-0.1, -0.05) is 0 Å². The van der Waals surface area contributed by atoms with Crippen molar-refractivity contribution >= 4 is 28.9 Å². The van der Waals surface area contributed by atoms with E-state index in [4.69, 9.17) is 0 Å². The Bertz CT molecular complexity index is 1070. The third kappa shape index (κ3) is 4.53. The van der Waals surface area contributed by atoms with Crippen LogP contribution in [0.2, 0.25) is 0 Å². The van der Waals surface area contributed by atoms with Crippen molar-refractivity contribution in [2.24, 2.45) is 0 Å². The quantitative estimate of drug-likeness (QED) is 0.641. The SMILES string of the molecule is Cc1nc(Nc2ccc(NC(=O)c3ccc(F)c(F)c3)cc2)cc(N2CCCC2)n1. The molecule has 0 bridgehead atoms. The smallest absolute Gasteiger partial charge is 0.255 e. The summed E-state index contributed by atoms with van der Waals surface area (Å²) in [6, 6.07) is 12.0. The Morgan fingerprint density at radius 3 is 2.33 bits per heavy atom. The van der Waals surface area contributed by atoms with E-state index in [1.54, 1.807) is 24.3 Å². The number of nitrogens with one attached hydrogen (secondary N) is 2. The summed E-state index contributed by atoms with van der Waals surface area (Å²) in [5.41, 5.74) is 1.38. The van der Waals surface area contributed by atoms with Gasteiger partial charge in [-0.15, -0.1) is 0 Å². The molecule has 3 aromatic rings. The third-order valence-corrected chi connectivity index (χ3v) is 4.85. The molecule has 1 fully saturated rings. The average Bonchev–Trinajstić information content (AvgIpc) is 3.26. The Kier molecular flexibility index (Phi) is 5.56. The summed E-state index contributed by atoms with van der Waals surface area (Å²) in [6.45, 7) is 3.87. The maximum absolute atomic E-state index is 13.3. The molecule has 1 amide bonds. The first-order valence-corrected chi connectivity index (χ1v) is 9.72. The number of rotatable bonds is 5. The van der Waals surface area contributed by atoms with E-state index in [9.17, 15) is 13.6 Å². The average molecular weight is 409 g/mol. The van der Waals surface area contributed by atoms with Crippen molar-refractivity contribution in [1.82, 2.24) is 9.97 Å². The van der Waals surface area contributed by atoms with Crippen LogP contribution in [0.15, 0.2) is 48.5 Å². The van der Waals surface area contributed by atoms with Crippen molar-refractivity contribution in [3.05, 3.63) is 71.6 Å². The van der Waals surface area contributed by atoms with E-state index in [1.807, 2.05) is 13.0 Å². The second-order valence-corrected chi connectivity index (χ2v) is 7.14. The van der Waals surface area contributed by atoms with E-state index in [2.05, 4.69) is 25.5 Å². The van der Waals surface area contributed by atoms with E-state index in [1.165, 1.54) is 18.9 Å². The van der Waals surface area contributed by atoms with Crippen molar-refractivity contribution < 1.29 is 13.6 Å². The Hall–Kier alpha value is -3.55. The van der Waals surface area contributed by atoms with Crippen LogP contribution in [-0.4, -0.2) is 29.0 Å². The van der Waals surface area contributed by atoms with Gasteiger partial charge >= 0.3 is 0 Å². The van der Waals surface area contributed by atoms with Gasteiger partial charge in [-0.2, -0.15) is 0 Å². The lowest BCUT2D eigenvalue weighted by atomic mass is 10.2. The van der Waals surface area contributed by atoms with Gasteiger partial charge in [0, 0.05) is 36.1 Å². The Morgan fingerprint density at radius 2 is 1.63 bits per heavy atom. The topological polar surface area (TPSA) is 70.2 Å². The van der Waals surface area contributed by atoms with Crippen LogP contribution in [0.25, 0.3) is 0 Å². The molecule has 1 aliphatic rings. The van der Waals surface area contributed by atoms with Crippen LogP contribution in [-0.2, 0) is 0 Å². The fraction of sp³-hybridized carbons (Fsp3) is 0.227. The first-order chi connectivity index (χ1) is 14.5. The number of hydrogen-bond acceptors (Lipinski definition) is 5. The molecule has 0 aliphatic carbocycles. The van der Waals surface area contributed by atoms with Gasteiger partial charge < -0.3 is 15.5 Å². The van der Waals surface area contributed by atoms with Gasteiger partial charge in [0.1, 0.15) is 17.5 Å². The highest BCUT2D eigenvalue weighted by Crippen LogP contribution is 2.24. The van der Waals surface area contributed by atoms with Crippen molar-refractivity contribution in [2.75, 3.05) is 28.6 Å². The summed E-state index contributed by atoms with van der Waals surface area (Å²) in [4.78, 5) is 23.4. The van der Waals surface area contributed by atoms with Crippen LogP contribution in [0.1, 0.15) is 29.0 Å². The predicted molar refractivity (Wildman–Crippen MR) is 112 cm³/mol. The summed E-state index contributed by atoms with van der Waals surface area (Å²) in [5.74, 6) is -0.264. The number of anilines is 4. The van der Waals surface area contributed by atoms with E-state index >= 15 is 0 Å². The second kappa shape index (κ2) is 8.44. The molecule has 0 atom stereocenters. The molecule has 0 unspecified atom stereocenters. The molecule has 0 saturated carbocycles. The second-order valence-electron chi connectivity index (χ2n) is 7.14. The van der Waals surface area contributed by atoms with Gasteiger partial charge in [0.05, 0.1) is 0 Å². The summed E-state index contributed by atoms with van der Waals surface area (Å²) >= 11 is 0. The molecule has 8 heteroatoms. The third-order valence-electron chi connectivity index (χ3n) is 4.85. The number of hydrogen-bond donors (Lipinski definition) is 2. The van der Waals surface area contributed by atoms with Gasteiger partial charge in [0.25, 0.3) is 5.91 Å². The largest absolute Gasteiger partial charge is 0.356 e. The molecule has 154 valence electrons. The maximum atomic E-state index is 13.3. The minimum absolute atomic E-state index is 0.0435. The molecule has 6 nitrogen and oxygen atoms in total. The van der Waals surface area contributed by atoms with Crippen LogP contribution < -0.4 is 15.5 Å². The van der Waals surface area contributed by atoms with Crippen molar-refractivity contribution in [2.45, 2.75) is 19.8 Å². The number of carbonyl (C=O) groups excluding carboxylic acids is 1. The fourth-order valence-corrected chi connectivity index (χ4v) is 3.35. The van der Waals surface area contributed by atoms with Crippen LogP contribution in [0.5, 0.6) is 0 Å². The molecule has 30 heavy (non-hydrogen) atoms. The molecule has 2 heterocycles. The maximum Gasteiger partial charge on any atom is 0.255 e. The van der Waals surface area contributed by atoms with E-state index < -0.39 is 17.5 Å². The molecule has 1 aromatic heterocycles. The van der Waals surface area contributed by atoms with E-state index in [-0.39, 0.29) is 5.56 Å². The first-order valence-electron chi connectivity index (χ1n) is 9.72. The van der Waals surface area contributed by atoms with Crippen LogP contribution in [0.3, 0.4) is 0 Å². The molecular formula is C22H21F2N5O. The number of halogens is 2. The number of amides is 1. The van der Waals surface area contributed by atoms with Gasteiger partial charge in [0.15, 0.2) is 11.6 Å². The van der Waals surface area contributed by atoms with Gasteiger partial charge in [0.2, 0.25) is 0 Å². The Morgan fingerprint density at radius 1 is 0.933 bits per heavy atom. The fourth-order valence-electron chi connectivity index (χ4n) is 3.35. The van der Waals surface area contributed by atoms with Crippen LogP contribution >= 0.6 is 0 Å². The van der Waals surface area contributed by atoms with Crippen molar-refractivity contribution in [3.8, 4) is 0 Å². The van der Waals surface area contributed by atoms with Crippen LogP contribution in [0.4, 0.5) is 31.8 Å². The molecule has 0 spiro atoms. The van der Waals surface area contributed by atoms with Gasteiger partial charge in [-0.25, -0.2) is 18.7 Å². The molecule has 0 radical (unpaired) electrons. The molecular weight excluding hydrogens is 388 g/mol. The zero-order valence-electron chi connectivity index (χ0n) is 16.5. The number of aryl methyl sites for hydroxylation is 1. The highest BCUT2D eigenvalue weighted by atomic mass is 19.2. The Balaban J connectivity index is 1.43. The van der Waals surface area contributed by atoms with Crippen molar-refractivity contribution in [1.29, 1.82) is 0 Å². The standard InChI is InChI=1S/C22H21F2N5O/c1-14-25-20(13-21(26-14)29-10-2-3-11-29)27-16-5-7-17(8-6-16)28-22(30)15-4-9-18(23)19(24)12-15/h4-9,12-13H,2-3,10-11H2,1H3,(H,28,30)(H,25,26,27). The number of nitrogens with zero attached hydrogens (tertiary/aromatic N) is 3. The lowest BCUT2D eigenvalue weighted by Gasteiger charge is -2.18. The minimum atomic E-state index is -1.06. The summed E-state index contributed by atoms with van der Waals surface area (Å²) in [5, 5.41) is 5.92. The summed E-state index contributed by atoms with van der Waals surface area (Å²) in [6.07, 6.45) is 2.34. The number of carbonyl (C=O) groups is 1. The lowest BCUT2D eigenvalue weighted by molar-refractivity contribution is 0.102. The summed E-state index contributed by atoms with van der Waals surface area (Å²) < 4.78 is 26.3. The van der Waals surface area contributed by atoms with Gasteiger partial charge in [-0.3, -0.25) is 4.79 Å². The Labute approximate surface area is 173 Å². The molecule has 1 saturated heterocycles. The van der Waals surface area contributed by atoms with E-state index in [0.29, 0.717) is 17.3 Å². The molecule has 1 aliphatic heterocycles. The lowest BCUT2D eigenvalue weighted by Crippen LogP contribution is -2.19. The van der Waals surface area contributed by atoms with Crippen molar-refractivity contribution in [3.63, 3.8) is 0 Å². The first kappa shape index (κ1) is 19.8. The molecule has 4 rings (SSSR count). The zero-order chi connectivity index (χ0) is 21.1. The van der Waals surface area contributed by atoms with Crippen LogP contribution in [0, 0.1) is 18.6 Å². The predicted octanol–water partition coefficient (Wildman–Crippen LogP) is 4.66. The van der Waals surface area contributed by atoms with Gasteiger partial charge in [-0.05, 0) is 62.2 Å². The monoisotopic (exact) mass is 409 g/mol. The number of benzene rings is 2. The highest BCUT2D eigenvalue weighted by molar-refractivity contribution is 6.04. The summed E-state index contributed by atoms with van der Waals surface area (Å²) in [7, 11) is 0. The molecule has 2 aromatic carbocycles. The molecule has 2 N–H and O–H groups in total.